The summed E-state index contributed by atoms with van der Waals surface area (Å²) in [5.74, 6) is -3.48. The van der Waals surface area contributed by atoms with Crippen molar-refractivity contribution in [3.63, 3.8) is 0 Å². The lowest BCUT2D eigenvalue weighted by Crippen LogP contribution is -2.56. The van der Waals surface area contributed by atoms with E-state index in [2.05, 4.69) is 10.5 Å². The molecule has 5 rings (SSSR count). The average Bonchev–Trinajstić information content (AvgIpc) is 3.35. The van der Waals surface area contributed by atoms with Gasteiger partial charge in [-0.1, -0.05) is 40.5 Å². The average molecular weight is 581 g/mol. The number of hydrogen-bond donors (Lipinski definition) is 1. The molecule has 0 bridgehead atoms. The molecule has 3 aliphatic rings. The molecule has 0 aromatic heterocycles. The molecule has 1 spiro atoms. The molecule has 1 fully saturated rings. The van der Waals surface area contributed by atoms with Crippen molar-refractivity contribution in [1.82, 2.24) is 5.32 Å². The molecule has 1 saturated heterocycles. The van der Waals surface area contributed by atoms with E-state index in [0.717, 1.165) is 18.4 Å². The van der Waals surface area contributed by atoms with Crippen LogP contribution in [0.2, 0.25) is 10.0 Å². The van der Waals surface area contributed by atoms with Crippen LogP contribution >= 0.6 is 23.2 Å². The van der Waals surface area contributed by atoms with Gasteiger partial charge in [-0.05, 0) is 29.3 Å². The van der Waals surface area contributed by atoms with Crippen molar-refractivity contribution in [2.75, 3.05) is 19.3 Å². The molecule has 0 radical (unpaired) electrons. The molecule has 0 aliphatic carbocycles. The molecule has 1 N–H and O–H groups in total. The van der Waals surface area contributed by atoms with E-state index < -0.39 is 73.4 Å². The zero-order valence-electron chi connectivity index (χ0n) is 18.9. The maximum atomic E-state index is 14.7. The Morgan fingerprint density at radius 3 is 2.49 bits per heavy atom. The largest absolute Gasteiger partial charge is 0.401 e. The number of fused-ring (bicyclic) bond motifs is 2. The molecule has 0 amide bonds. The number of sulfone groups is 1. The number of carbonyl (C=O) groups excluding carboxylic acids is 1. The highest BCUT2D eigenvalue weighted by atomic mass is 35.5. The number of nitrogens with zero attached hydrogens (tertiary/aromatic N) is 1. The van der Waals surface area contributed by atoms with Gasteiger partial charge in [-0.2, -0.15) is 13.2 Å². The predicted molar refractivity (Wildman–Crippen MR) is 126 cm³/mol. The van der Waals surface area contributed by atoms with E-state index in [0.29, 0.717) is 24.2 Å². The van der Waals surface area contributed by atoms with E-state index in [1.165, 1.54) is 12.1 Å². The monoisotopic (exact) mass is 580 g/mol. The van der Waals surface area contributed by atoms with Crippen molar-refractivity contribution in [2.45, 2.75) is 30.4 Å². The van der Waals surface area contributed by atoms with Crippen LogP contribution in [0.15, 0.2) is 35.5 Å². The summed E-state index contributed by atoms with van der Waals surface area (Å²) in [6, 6.07) is 6.42. The molecule has 0 saturated carbocycles. The van der Waals surface area contributed by atoms with Crippen LogP contribution in [-0.2, 0) is 29.8 Å². The summed E-state index contributed by atoms with van der Waals surface area (Å²) < 4.78 is 87.1. The third-order valence-electron chi connectivity index (χ3n) is 6.68. The Hall–Kier alpha value is -2.25. The number of oxime groups is 1. The number of hydrogen-bond acceptors (Lipinski definition) is 7. The van der Waals surface area contributed by atoms with Gasteiger partial charge >= 0.3 is 6.18 Å². The second-order valence-corrected chi connectivity index (χ2v) is 12.0. The number of alkyl halides is 3. The van der Waals surface area contributed by atoms with Gasteiger partial charge in [0.05, 0.1) is 17.5 Å². The lowest BCUT2D eigenvalue weighted by molar-refractivity contribution is -0.178. The van der Waals surface area contributed by atoms with Gasteiger partial charge in [-0.3, -0.25) is 4.79 Å². The molecule has 3 aliphatic heterocycles. The van der Waals surface area contributed by atoms with Gasteiger partial charge in [0, 0.05) is 35.5 Å². The molecule has 7 nitrogen and oxygen atoms in total. The third kappa shape index (κ3) is 4.52. The van der Waals surface area contributed by atoms with E-state index in [4.69, 9.17) is 32.8 Å². The van der Waals surface area contributed by atoms with Crippen molar-refractivity contribution in [3.8, 4) is 0 Å². The number of rotatable bonds is 4. The standard InChI is InChI=1S/C23H18Cl2F4N2O5S/c1-37(33,34)17(32)7-16-12-4-10(2-3-14(12)22(35-16)8-30-9-22)20-18(23(27,28)29)21(36-31-20)13-5-11(24)6-15(25)19(13)26/h2-6,16,18,21,30H,7-9H2,1H3/t16-,18?,21?/m0/s1. The van der Waals surface area contributed by atoms with Gasteiger partial charge in [0.1, 0.15) is 23.0 Å². The van der Waals surface area contributed by atoms with Crippen LogP contribution in [0.5, 0.6) is 0 Å². The van der Waals surface area contributed by atoms with Crippen LogP contribution < -0.4 is 5.32 Å². The van der Waals surface area contributed by atoms with E-state index in [-0.39, 0.29) is 10.6 Å². The number of nitrogens with one attached hydrogen (secondary N) is 1. The fraction of sp³-hybridized carbons (Fsp3) is 0.391. The van der Waals surface area contributed by atoms with Crippen LogP contribution in [0.25, 0.3) is 0 Å². The van der Waals surface area contributed by atoms with Gasteiger partial charge in [0.2, 0.25) is 15.0 Å². The summed E-state index contributed by atoms with van der Waals surface area (Å²) in [5, 5.41) is 5.11. The zero-order valence-corrected chi connectivity index (χ0v) is 21.2. The summed E-state index contributed by atoms with van der Waals surface area (Å²) in [4.78, 5) is 17.3. The molecular formula is C23H18Cl2F4N2O5S. The highest BCUT2D eigenvalue weighted by molar-refractivity contribution is 8.05. The quantitative estimate of drug-likeness (QED) is 0.419. The summed E-state index contributed by atoms with van der Waals surface area (Å²) >= 11 is 11.7. The molecule has 3 heterocycles. The highest BCUT2D eigenvalue weighted by Gasteiger charge is 2.55. The van der Waals surface area contributed by atoms with E-state index in [9.17, 15) is 30.8 Å². The zero-order chi connectivity index (χ0) is 26.9. The van der Waals surface area contributed by atoms with Crippen LogP contribution in [0, 0.1) is 11.7 Å². The second-order valence-electron chi connectivity index (χ2n) is 9.17. The minimum absolute atomic E-state index is 0.00171. The Kier molecular flexibility index (Phi) is 6.35. The molecule has 14 heteroatoms. The topological polar surface area (TPSA) is 94.1 Å². The minimum atomic E-state index is -4.90. The maximum absolute atomic E-state index is 14.7. The minimum Gasteiger partial charge on any atom is -0.386 e. The predicted octanol–water partition coefficient (Wildman–Crippen LogP) is 4.62. The second kappa shape index (κ2) is 8.91. The van der Waals surface area contributed by atoms with Gasteiger partial charge in [0.25, 0.3) is 0 Å². The van der Waals surface area contributed by atoms with E-state index in [1.54, 1.807) is 6.07 Å². The molecule has 3 atom stereocenters. The smallest absolute Gasteiger partial charge is 0.386 e. The van der Waals surface area contributed by atoms with Gasteiger partial charge in [0.15, 0.2) is 6.10 Å². The number of carbonyl (C=O) groups is 1. The Bertz CT molecular complexity index is 1440. The molecule has 37 heavy (non-hydrogen) atoms. The number of ether oxygens (including phenoxy) is 1. The third-order valence-corrected chi connectivity index (χ3v) is 8.17. The van der Waals surface area contributed by atoms with Crippen molar-refractivity contribution in [1.29, 1.82) is 0 Å². The first-order valence-electron chi connectivity index (χ1n) is 10.9. The summed E-state index contributed by atoms with van der Waals surface area (Å²) in [6.45, 7) is 0.768. The SMILES string of the molecule is CS(=O)(=O)C(=O)C[C@@H]1OC2(CNC2)c2ccc(C3=NOC(c4cc(Cl)cc(Cl)c4F)C3C(F)(F)F)cc21. The Labute approximate surface area is 218 Å². The molecule has 2 aromatic rings. The summed E-state index contributed by atoms with van der Waals surface area (Å²) in [5.41, 5.74) is -0.830. The Morgan fingerprint density at radius 1 is 1.19 bits per heavy atom. The van der Waals surface area contributed by atoms with Gasteiger partial charge < -0.3 is 14.9 Å². The lowest BCUT2D eigenvalue weighted by atomic mass is 9.83. The van der Waals surface area contributed by atoms with Crippen molar-refractivity contribution >= 4 is 43.9 Å². The first kappa shape index (κ1) is 26.4. The summed E-state index contributed by atoms with van der Waals surface area (Å²) in [6.07, 6.45) is -7.51. The first-order valence-corrected chi connectivity index (χ1v) is 13.6. The Balaban J connectivity index is 1.55. The van der Waals surface area contributed by atoms with Gasteiger partial charge in [-0.25, -0.2) is 12.8 Å². The lowest BCUT2D eigenvalue weighted by Gasteiger charge is -2.39. The van der Waals surface area contributed by atoms with Crippen LogP contribution in [0.1, 0.15) is 40.9 Å². The highest BCUT2D eigenvalue weighted by Crippen LogP contribution is 2.50. The van der Waals surface area contributed by atoms with Crippen LogP contribution in [0.3, 0.4) is 0 Å². The van der Waals surface area contributed by atoms with E-state index in [1.807, 2.05) is 0 Å². The molecule has 198 valence electrons. The van der Waals surface area contributed by atoms with Crippen molar-refractivity contribution in [2.24, 2.45) is 11.1 Å². The molecular weight excluding hydrogens is 563 g/mol. The Morgan fingerprint density at radius 2 is 1.89 bits per heavy atom. The molecule has 2 unspecified atom stereocenters. The summed E-state index contributed by atoms with van der Waals surface area (Å²) in [7, 11) is -4.01. The maximum Gasteiger partial charge on any atom is 0.401 e. The fourth-order valence-electron chi connectivity index (χ4n) is 4.84. The van der Waals surface area contributed by atoms with Crippen molar-refractivity contribution in [3.05, 3.63) is 68.4 Å². The fourth-order valence-corrected chi connectivity index (χ4v) is 5.80. The van der Waals surface area contributed by atoms with Gasteiger partial charge in [-0.15, -0.1) is 0 Å². The number of halogens is 6. The van der Waals surface area contributed by atoms with Crippen LogP contribution in [-0.4, -0.2) is 44.8 Å². The van der Waals surface area contributed by atoms with Crippen molar-refractivity contribution < 1.29 is 40.3 Å². The van der Waals surface area contributed by atoms with Crippen LogP contribution in [0.4, 0.5) is 17.6 Å². The van der Waals surface area contributed by atoms with E-state index >= 15 is 0 Å². The molecule has 2 aromatic carbocycles. The first-order chi connectivity index (χ1) is 17.2. The number of benzene rings is 2. The normalized spacial score (nSPS) is 24.4.